The molecule has 30 heavy (non-hydrogen) atoms. The molecule has 1 aliphatic rings. The number of hydrogen-bond donors (Lipinski definition) is 2. The van der Waals surface area contributed by atoms with Crippen molar-refractivity contribution in [2.24, 2.45) is 0 Å². The van der Waals surface area contributed by atoms with Crippen molar-refractivity contribution in [1.29, 1.82) is 0 Å². The molecule has 0 unspecified atom stereocenters. The summed E-state index contributed by atoms with van der Waals surface area (Å²) in [6.45, 7) is 10.5. The third-order valence-electron chi connectivity index (χ3n) is 3.76. The van der Waals surface area contributed by atoms with E-state index in [1.54, 1.807) is 9.88 Å². The molecule has 0 saturated carbocycles. The van der Waals surface area contributed by atoms with Gasteiger partial charge in [0.1, 0.15) is 0 Å². The van der Waals surface area contributed by atoms with E-state index in [1.807, 2.05) is 0 Å². The predicted molar refractivity (Wildman–Crippen MR) is 117 cm³/mol. The van der Waals surface area contributed by atoms with Crippen molar-refractivity contribution in [3.63, 3.8) is 0 Å². The Balaban J connectivity index is -0.000000345. The van der Waals surface area contributed by atoms with Crippen molar-refractivity contribution >= 4 is 29.2 Å². The fourth-order valence-electron chi connectivity index (χ4n) is 2.15. The van der Waals surface area contributed by atoms with Crippen LogP contribution in [0.4, 0.5) is 0 Å². The monoisotopic (exact) mass is 641 g/mol. The van der Waals surface area contributed by atoms with Crippen LogP contribution < -0.4 is 26.2 Å². The number of nitrogens with one attached hydrogen (secondary N) is 2. The Kier molecular flexibility index (Phi) is 26.9. The fourth-order valence-corrected chi connectivity index (χ4v) is 2.15. The van der Waals surface area contributed by atoms with Crippen LogP contribution in [0.3, 0.4) is 0 Å². The zero-order chi connectivity index (χ0) is 22.5. The molecule has 0 fully saturated rings. The van der Waals surface area contributed by atoms with E-state index in [0.717, 1.165) is 0 Å². The molecule has 7 nitrogen and oxygen atoms in total. The number of rotatable bonds is 4. The van der Waals surface area contributed by atoms with Gasteiger partial charge in [0.2, 0.25) is 0 Å². The topological polar surface area (TPSA) is 109 Å². The zero-order valence-corrected chi connectivity index (χ0v) is 21.6. The van der Waals surface area contributed by atoms with E-state index in [1.165, 1.54) is 45.3 Å². The minimum Gasteiger partial charge on any atom is -0.545 e. The number of carbonyl (C=O) groups is 1. The molecule has 0 saturated heterocycles. The van der Waals surface area contributed by atoms with E-state index >= 15 is 0 Å². The van der Waals surface area contributed by atoms with Crippen molar-refractivity contribution < 1.29 is 34.9 Å². The van der Waals surface area contributed by atoms with Crippen LogP contribution in [0.1, 0.15) is 56.9 Å². The van der Waals surface area contributed by atoms with Gasteiger partial charge in [-0.2, -0.15) is 0 Å². The number of allylic oxidation sites excluding steroid dienone is 4. The number of alkyl halides is 2. The van der Waals surface area contributed by atoms with Gasteiger partial charge in [-0.3, -0.25) is 9.59 Å². The van der Waals surface area contributed by atoms with Crippen LogP contribution in [0.15, 0.2) is 40.0 Å². The van der Waals surface area contributed by atoms with Gasteiger partial charge in [-0.15, -0.1) is 23.2 Å². The Labute approximate surface area is 201 Å². The zero-order valence-electron chi connectivity index (χ0n) is 17.7. The number of quaternary nitrogens is 1. The summed E-state index contributed by atoms with van der Waals surface area (Å²) in [5.41, 5.74) is -2.44. The van der Waals surface area contributed by atoms with Crippen LogP contribution in [0.25, 0.3) is 0 Å². The molecule has 2 rings (SSSR count). The second kappa shape index (κ2) is 24.1. The first-order valence-corrected chi connectivity index (χ1v) is 10.7. The average molecular weight is 642 g/mol. The minimum absolute atomic E-state index is 0. The molecule has 0 spiro atoms. The van der Waals surface area contributed by atoms with Crippen molar-refractivity contribution in [1.82, 2.24) is 9.97 Å². The molecule has 0 amide bonds. The SMILES string of the molecule is C1=C\CC/C=C\CC/1.CC[NH+](CC)CC.ClCCl.O=C([O-])c1cc(=O)[nH]c(=O)[n-]1.[Ir]. The summed E-state index contributed by atoms with van der Waals surface area (Å²) in [5, 5.41) is 10.2. The van der Waals surface area contributed by atoms with Crippen LogP contribution in [-0.2, 0) is 20.1 Å². The number of carbonyl (C=O) groups excluding carboxylic acids is 1. The van der Waals surface area contributed by atoms with Crippen LogP contribution in [0.2, 0.25) is 0 Å². The van der Waals surface area contributed by atoms with Gasteiger partial charge in [0.05, 0.1) is 30.9 Å². The number of hydrogen-bond acceptors (Lipinski definition) is 4. The molecule has 0 atom stereocenters. The van der Waals surface area contributed by atoms with E-state index < -0.39 is 22.9 Å². The molecule has 1 aromatic rings. The van der Waals surface area contributed by atoms with E-state index in [4.69, 9.17) is 23.2 Å². The molecule has 1 aliphatic carbocycles. The molecule has 1 radical (unpaired) electrons. The van der Waals surface area contributed by atoms with Crippen LogP contribution in [0, 0.1) is 0 Å². The van der Waals surface area contributed by atoms with E-state index in [9.17, 15) is 19.5 Å². The van der Waals surface area contributed by atoms with E-state index in [2.05, 4.69) is 50.1 Å². The Hall–Kier alpha value is -1.18. The number of aromatic nitrogens is 2. The van der Waals surface area contributed by atoms with Gasteiger partial charge in [0.25, 0.3) is 0 Å². The molecule has 1 heterocycles. The van der Waals surface area contributed by atoms with Gasteiger partial charge in [-0.25, -0.2) is 0 Å². The Morgan fingerprint density at radius 3 is 1.60 bits per heavy atom. The van der Waals surface area contributed by atoms with Gasteiger partial charge in [0, 0.05) is 20.1 Å². The number of halogens is 2. The normalized spacial score (nSPS) is 13.9. The van der Waals surface area contributed by atoms with Crippen LogP contribution in [0.5, 0.6) is 0 Å². The number of aromatic amines is 1. The van der Waals surface area contributed by atoms with Crippen molar-refractivity contribution in [2.75, 3.05) is 25.0 Å². The summed E-state index contributed by atoms with van der Waals surface area (Å²) in [6, 6.07) is 0.677. The fraction of sp³-hybridized carbons (Fsp3) is 0.550. The number of aromatic carboxylic acids is 1. The predicted octanol–water partition coefficient (Wildman–Crippen LogP) is 1.08. The summed E-state index contributed by atoms with van der Waals surface area (Å²) in [4.78, 5) is 37.2. The van der Waals surface area contributed by atoms with Gasteiger partial charge in [-0.05, 0) is 58.2 Å². The standard InChI is InChI=1S/C8H12.C6H15N.C5H4N2O4.CH2Cl2.Ir/c1-2-4-6-8-7-5-3-1;1-4-7(5-2)6-3;8-3-1-2(4(9)10)6-5(11)7-3;2-1-3;/h1-2,7-8H,3-6H2;4-6H2,1-3H3;1H,(H3,6,7,8,9,10,11);1H2;/p-1/b2-1-,8-7-;;;;. The summed E-state index contributed by atoms with van der Waals surface area (Å²) in [7, 11) is 0. The van der Waals surface area contributed by atoms with Gasteiger partial charge in [0.15, 0.2) is 11.2 Å². The average Bonchev–Trinajstić information content (AvgIpc) is 2.63. The second-order valence-electron chi connectivity index (χ2n) is 5.73. The van der Waals surface area contributed by atoms with Crippen molar-refractivity contribution in [3.8, 4) is 0 Å². The maximum absolute atomic E-state index is 10.4. The third kappa shape index (κ3) is 21.5. The van der Waals surface area contributed by atoms with Crippen molar-refractivity contribution in [2.45, 2.75) is 46.5 Å². The first-order chi connectivity index (χ1) is 13.9. The maximum atomic E-state index is 10.4. The third-order valence-corrected chi connectivity index (χ3v) is 3.76. The number of carboxylic acid groups (broad SMARTS) is 1. The first kappa shape index (κ1) is 33.5. The van der Waals surface area contributed by atoms with E-state index in [0.29, 0.717) is 6.07 Å². The smallest absolute Gasteiger partial charge is 0.171 e. The summed E-state index contributed by atoms with van der Waals surface area (Å²) < 4.78 is 0. The molecule has 0 bridgehead atoms. The summed E-state index contributed by atoms with van der Waals surface area (Å²) in [6.07, 6.45) is 14.0. The van der Waals surface area contributed by atoms with Gasteiger partial charge in [-0.1, -0.05) is 24.3 Å². The van der Waals surface area contributed by atoms with E-state index in [-0.39, 0.29) is 25.4 Å². The molecular formula is C20H32Cl2IrN3O4-. The summed E-state index contributed by atoms with van der Waals surface area (Å²) >= 11 is 9.53. The molecule has 2 N–H and O–H groups in total. The largest absolute Gasteiger partial charge is 0.545 e. The number of nitrogens with zero attached hydrogens (tertiary/aromatic N) is 1. The molecule has 0 aromatic carbocycles. The molecule has 175 valence electrons. The van der Waals surface area contributed by atoms with Crippen LogP contribution in [-0.4, -0.2) is 35.9 Å². The molecule has 0 aliphatic heterocycles. The Morgan fingerprint density at radius 1 is 1.00 bits per heavy atom. The Bertz CT molecular complexity index is 642. The van der Waals surface area contributed by atoms with Crippen LogP contribution >= 0.6 is 23.2 Å². The quantitative estimate of drug-likeness (QED) is 0.378. The first-order valence-electron chi connectivity index (χ1n) is 9.61. The van der Waals surface area contributed by atoms with Crippen molar-refractivity contribution in [3.05, 3.63) is 56.9 Å². The maximum Gasteiger partial charge on any atom is 0.171 e. The summed E-state index contributed by atoms with van der Waals surface area (Å²) in [5.74, 6) is -1.65. The Morgan fingerprint density at radius 2 is 1.37 bits per heavy atom. The second-order valence-corrected chi connectivity index (χ2v) is 6.54. The van der Waals surface area contributed by atoms with Gasteiger partial charge >= 0.3 is 0 Å². The molecule has 10 heteroatoms. The minimum atomic E-state index is -1.65. The van der Waals surface area contributed by atoms with Gasteiger partial charge < -0.3 is 24.8 Å². The molecular weight excluding hydrogens is 609 g/mol. The number of carboxylic acids is 1. The number of H-pyrrole nitrogens is 1. The molecule has 1 aromatic heterocycles.